The van der Waals surface area contributed by atoms with Crippen molar-refractivity contribution >= 4 is 23.6 Å². The van der Waals surface area contributed by atoms with E-state index >= 15 is 0 Å². The number of fused-ring (bicyclic) bond motifs is 1. The Labute approximate surface area is 129 Å². The summed E-state index contributed by atoms with van der Waals surface area (Å²) in [5.74, 6) is 1.74. The molecule has 20 heavy (non-hydrogen) atoms. The third-order valence-corrected chi connectivity index (χ3v) is 6.01. The first-order chi connectivity index (χ1) is 9.36. The molecule has 0 aromatic carbocycles. The van der Waals surface area contributed by atoms with Crippen LogP contribution in [0.5, 0.6) is 0 Å². The van der Waals surface area contributed by atoms with Gasteiger partial charge in [-0.3, -0.25) is 5.10 Å². The van der Waals surface area contributed by atoms with Crippen LogP contribution in [-0.4, -0.2) is 14.8 Å². The maximum atomic E-state index is 5.20. The number of aryl methyl sites for hydroxylation is 1. The number of hydrogen-bond acceptors (Lipinski definition) is 3. The van der Waals surface area contributed by atoms with Crippen molar-refractivity contribution in [2.75, 3.05) is 0 Å². The first kappa shape index (κ1) is 14.0. The summed E-state index contributed by atoms with van der Waals surface area (Å²) in [6.07, 6.45) is 3.70. The number of aromatic nitrogens is 3. The number of rotatable bonds is 1. The summed E-state index contributed by atoms with van der Waals surface area (Å²) in [7, 11) is 1.97. The summed E-state index contributed by atoms with van der Waals surface area (Å²) in [5.41, 5.74) is 1.91. The number of nitrogens with one attached hydrogen (secondary N) is 1. The molecule has 2 aromatic heterocycles. The van der Waals surface area contributed by atoms with Crippen LogP contribution in [0.2, 0.25) is 0 Å². The standard InChI is InChI=1S/C15H21N3S2/c1-15(2,3)10-5-6-11-9(7-10)8-12(20-11)13-16-17-14(19)18(13)4/h8,10H,5-7H2,1-4H3,(H,17,19)/t10-/m1/s1. The fourth-order valence-electron chi connectivity index (χ4n) is 2.94. The van der Waals surface area contributed by atoms with Crippen LogP contribution in [0.3, 0.4) is 0 Å². The van der Waals surface area contributed by atoms with Crippen LogP contribution in [-0.2, 0) is 19.9 Å². The van der Waals surface area contributed by atoms with Gasteiger partial charge in [0.2, 0.25) is 0 Å². The van der Waals surface area contributed by atoms with Crippen LogP contribution in [0.1, 0.15) is 37.6 Å². The van der Waals surface area contributed by atoms with Gasteiger partial charge in [-0.25, -0.2) is 0 Å². The molecule has 0 aliphatic heterocycles. The van der Waals surface area contributed by atoms with E-state index in [4.69, 9.17) is 12.2 Å². The van der Waals surface area contributed by atoms with Crippen LogP contribution in [0, 0.1) is 16.1 Å². The first-order valence-electron chi connectivity index (χ1n) is 7.09. The van der Waals surface area contributed by atoms with Crippen molar-refractivity contribution in [3.05, 3.63) is 21.3 Å². The summed E-state index contributed by atoms with van der Waals surface area (Å²) in [4.78, 5) is 2.77. The zero-order valence-electron chi connectivity index (χ0n) is 12.5. The summed E-state index contributed by atoms with van der Waals surface area (Å²) >= 11 is 7.08. The van der Waals surface area contributed by atoms with Crippen molar-refractivity contribution in [3.63, 3.8) is 0 Å². The predicted octanol–water partition coefficient (Wildman–Crippen LogP) is 4.36. The second kappa shape index (κ2) is 4.81. The van der Waals surface area contributed by atoms with Crippen LogP contribution in [0.15, 0.2) is 6.07 Å². The highest BCUT2D eigenvalue weighted by atomic mass is 32.1. The van der Waals surface area contributed by atoms with Gasteiger partial charge in [0.05, 0.1) is 4.88 Å². The van der Waals surface area contributed by atoms with Gasteiger partial charge in [0.25, 0.3) is 0 Å². The lowest BCUT2D eigenvalue weighted by atomic mass is 9.72. The zero-order valence-corrected chi connectivity index (χ0v) is 14.1. The lowest BCUT2D eigenvalue weighted by Crippen LogP contribution is -2.26. The molecule has 0 fully saturated rings. The van der Waals surface area contributed by atoms with Gasteiger partial charge in [-0.1, -0.05) is 20.8 Å². The van der Waals surface area contributed by atoms with E-state index in [2.05, 4.69) is 37.0 Å². The lowest BCUT2D eigenvalue weighted by molar-refractivity contribution is 0.217. The van der Waals surface area contributed by atoms with Gasteiger partial charge in [0.15, 0.2) is 10.6 Å². The fraction of sp³-hybridized carbons (Fsp3) is 0.600. The minimum atomic E-state index is 0.393. The fourth-order valence-corrected chi connectivity index (χ4v) is 4.31. The summed E-state index contributed by atoms with van der Waals surface area (Å²) < 4.78 is 2.63. The normalized spacial score (nSPS) is 19.1. The number of H-pyrrole nitrogens is 1. The number of thiophene rings is 1. The van der Waals surface area contributed by atoms with Crippen molar-refractivity contribution in [2.24, 2.45) is 18.4 Å². The Morgan fingerprint density at radius 3 is 2.80 bits per heavy atom. The average molecular weight is 307 g/mol. The van der Waals surface area contributed by atoms with E-state index < -0.39 is 0 Å². The van der Waals surface area contributed by atoms with Crippen LogP contribution in [0.4, 0.5) is 0 Å². The molecule has 1 aliphatic carbocycles. The van der Waals surface area contributed by atoms with Crippen molar-refractivity contribution in [1.29, 1.82) is 0 Å². The predicted molar refractivity (Wildman–Crippen MR) is 86.7 cm³/mol. The van der Waals surface area contributed by atoms with E-state index in [0.29, 0.717) is 10.2 Å². The van der Waals surface area contributed by atoms with Gasteiger partial charge >= 0.3 is 0 Å². The van der Waals surface area contributed by atoms with E-state index in [9.17, 15) is 0 Å². The maximum Gasteiger partial charge on any atom is 0.195 e. The van der Waals surface area contributed by atoms with Gasteiger partial charge in [-0.15, -0.1) is 11.3 Å². The summed E-state index contributed by atoms with van der Waals surface area (Å²) in [6, 6.07) is 2.32. The van der Waals surface area contributed by atoms with Crippen LogP contribution >= 0.6 is 23.6 Å². The van der Waals surface area contributed by atoms with E-state index in [1.54, 1.807) is 0 Å². The van der Waals surface area contributed by atoms with Crippen molar-refractivity contribution in [1.82, 2.24) is 14.8 Å². The van der Waals surface area contributed by atoms with Crippen molar-refractivity contribution in [2.45, 2.75) is 40.0 Å². The first-order valence-corrected chi connectivity index (χ1v) is 8.32. The highest BCUT2D eigenvalue weighted by molar-refractivity contribution is 7.71. The Balaban J connectivity index is 1.95. The Bertz CT molecular complexity index is 685. The molecule has 0 bridgehead atoms. The number of hydrogen-bond donors (Lipinski definition) is 1. The third-order valence-electron chi connectivity index (χ3n) is 4.41. The highest BCUT2D eigenvalue weighted by Gasteiger charge is 2.30. The minimum absolute atomic E-state index is 0.393. The topological polar surface area (TPSA) is 33.6 Å². The van der Waals surface area contributed by atoms with Gasteiger partial charge in [-0.2, -0.15) is 5.10 Å². The van der Waals surface area contributed by atoms with E-state index in [1.165, 1.54) is 34.6 Å². The van der Waals surface area contributed by atoms with E-state index in [0.717, 1.165) is 11.7 Å². The smallest absolute Gasteiger partial charge is 0.195 e. The Kier molecular flexibility index (Phi) is 3.37. The van der Waals surface area contributed by atoms with Gasteiger partial charge in [0, 0.05) is 11.9 Å². The molecule has 3 nitrogen and oxygen atoms in total. The van der Waals surface area contributed by atoms with Crippen molar-refractivity contribution < 1.29 is 0 Å². The molecule has 1 atom stereocenters. The molecule has 3 rings (SSSR count). The zero-order chi connectivity index (χ0) is 14.5. The quantitative estimate of drug-likeness (QED) is 0.794. The van der Waals surface area contributed by atoms with Crippen molar-refractivity contribution in [3.8, 4) is 10.7 Å². The van der Waals surface area contributed by atoms with Crippen LogP contribution in [0.25, 0.3) is 10.7 Å². The van der Waals surface area contributed by atoms with Gasteiger partial charge in [-0.05, 0) is 54.4 Å². The number of aromatic amines is 1. The molecule has 5 heteroatoms. The Morgan fingerprint density at radius 1 is 1.45 bits per heavy atom. The third kappa shape index (κ3) is 2.37. The van der Waals surface area contributed by atoms with Gasteiger partial charge < -0.3 is 4.57 Å². The average Bonchev–Trinajstić information content (AvgIpc) is 2.92. The molecule has 0 spiro atoms. The highest BCUT2D eigenvalue weighted by Crippen LogP contribution is 2.41. The Hall–Kier alpha value is -0.940. The molecule has 108 valence electrons. The SMILES string of the molecule is Cn1c(-c2cc3c(s2)CC[C@@H](C(C)(C)C)C3)n[nH]c1=S. The molecule has 1 aliphatic rings. The maximum absolute atomic E-state index is 5.20. The summed E-state index contributed by atoms with van der Waals surface area (Å²) in [6.45, 7) is 7.06. The number of nitrogens with zero attached hydrogens (tertiary/aromatic N) is 2. The minimum Gasteiger partial charge on any atom is -0.303 e. The lowest BCUT2D eigenvalue weighted by Gasteiger charge is -2.33. The molecule has 0 unspecified atom stereocenters. The molecule has 2 aromatic rings. The molecule has 1 N–H and O–H groups in total. The monoisotopic (exact) mass is 307 g/mol. The molecule has 2 heterocycles. The second-order valence-corrected chi connectivity index (χ2v) is 8.30. The Morgan fingerprint density at radius 2 is 2.20 bits per heavy atom. The summed E-state index contributed by atoms with van der Waals surface area (Å²) in [5, 5.41) is 7.22. The van der Waals surface area contributed by atoms with E-state index in [-0.39, 0.29) is 0 Å². The van der Waals surface area contributed by atoms with Gasteiger partial charge in [0.1, 0.15) is 0 Å². The molecular formula is C15H21N3S2. The molecule has 0 amide bonds. The van der Waals surface area contributed by atoms with E-state index in [1.807, 2.05) is 23.0 Å². The second-order valence-electron chi connectivity index (χ2n) is 6.78. The molecule has 0 saturated heterocycles. The van der Waals surface area contributed by atoms with Crippen LogP contribution < -0.4 is 0 Å². The molecule has 0 saturated carbocycles. The molecular weight excluding hydrogens is 286 g/mol. The largest absolute Gasteiger partial charge is 0.303 e. The molecule has 0 radical (unpaired) electrons.